The zero-order valence-electron chi connectivity index (χ0n) is 17.3. The Labute approximate surface area is 186 Å². The fraction of sp³-hybridized carbons (Fsp3) is 0.364. The standard InChI is InChI=1S/C22H25Cl2FN2O3/c1-14(21(29)26-22(2,3)4)27(12-15-16(23)8-7-9-17(15)24)20(28)13-30-19-11-6-5-10-18(19)25/h5-11,14H,12-13H2,1-4H3,(H,26,29)/t14-/m0/s1. The predicted octanol–water partition coefficient (Wildman–Crippen LogP) is 4.84. The molecule has 8 heteroatoms. The topological polar surface area (TPSA) is 58.6 Å². The van der Waals surface area contributed by atoms with Crippen LogP contribution in [0.1, 0.15) is 33.3 Å². The van der Waals surface area contributed by atoms with E-state index in [4.69, 9.17) is 27.9 Å². The minimum absolute atomic E-state index is 0.00327. The second-order valence-corrected chi connectivity index (χ2v) is 8.67. The van der Waals surface area contributed by atoms with E-state index in [-0.39, 0.29) is 18.2 Å². The van der Waals surface area contributed by atoms with Gasteiger partial charge in [0, 0.05) is 27.7 Å². The molecule has 1 N–H and O–H groups in total. The molecule has 5 nitrogen and oxygen atoms in total. The van der Waals surface area contributed by atoms with Crippen LogP contribution in [0.4, 0.5) is 4.39 Å². The number of benzene rings is 2. The van der Waals surface area contributed by atoms with Gasteiger partial charge in [0.1, 0.15) is 6.04 Å². The maximum Gasteiger partial charge on any atom is 0.261 e. The van der Waals surface area contributed by atoms with Crippen LogP contribution < -0.4 is 10.1 Å². The summed E-state index contributed by atoms with van der Waals surface area (Å²) in [6, 6.07) is 9.94. The number of hydrogen-bond acceptors (Lipinski definition) is 3. The Kier molecular flexibility index (Phi) is 8.10. The van der Waals surface area contributed by atoms with E-state index < -0.39 is 29.9 Å². The van der Waals surface area contributed by atoms with Crippen molar-refractivity contribution in [2.24, 2.45) is 0 Å². The Bertz CT molecular complexity index is 895. The first-order chi connectivity index (χ1) is 14.0. The highest BCUT2D eigenvalue weighted by Gasteiger charge is 2.29. The van der Waals surface area contributed by atoms with Gasteiger partial charge in [-0.15, -0.1) is 0 Å². The molecule has 0 fully saturated rings. The van der Waals surface area contributed by atoms with Crippen molar-refractivity contribution in [1.82, 2.24) is 10.2 Å². The van der Waals surface area contributed by atoms with Gasteiger partial charge in [-0.05, 0) is 52.0 Å². The molecule has 2 aromatic carbocycles. The number of para-hydroxylation sites is 1. The molecule has 1 atom stereocenters. The first kappa shape index (κ1) is 24.0. The first-order valence-electron chi connectivity index (χ1n) is 9.41. The van der Waals surface area contributed by atoms with Crippen LogP contribution in [-0.2, 0) is 16.1 Å². The van der Waals surface area contributed by atoms with E-state index in [2.05, 4.69) is 5.32 Å². The molecule has 2 rings (SSSR count). The molecule has 2 aromatic rings. The Morgan fingerprint density at radius 1 is 1.10 bits per heavy atom. The molecule has 0 aliphatic heterocycles. The minimum atomic E-state index is -0.840. The van der Waals surface area contributed by atoms with Crippen molar-refractivity contribution >= 4 is 35.0 Å². The summed E-state index contributed by atoms with van der Waals surface area (Å²) in [5.74, 6) is -1.48. The number of carbonyl (C=O) groups is 2. The minimum Gasteiger partial charge on any atom is -0.481 e. The number of nitrogens with one attached hydrogen (secondary N) is 1. The number of amides is 2. The van der Waals surface area contributed by atoms with Crippen molar-refractivity contribution in [2.75, 3.05) is 6.61 Å². The Morgan fingerprint density at radius 3 is 2.27 bits per heavy atom. The van der Waals surface area contributed by atoms with Gasteiger partial charge in [0.05, 0.1) is 0 Å². The molecular formula is C22H25Cl2FN2O3. The van der Waals surface area contributed by atoms with Crippen LogP contribution in [-0.4, -0.2) is 34.9 Å². The van der Waals surface area contributed by atoms with Gasteiger partial charge in [-0.3, -0.25) is 9.59 Å². The summed E-state index contributed by atoms with van der Waals surface area (Å²) < 4.78 is 19.2. The zero-order chi connectivity index (χ0) is 22.5. The molecule has 0 saturated heterocycles. The lowest BCUT2D eigenvalue weighted by Gasteiger charge is -2.31. The SMILES string of the molecule is C[C@@H](C(=O)NC(C)(C)C)N(Cc1c(Cl)cccc1Cl)C(=O)COc1ccccc1F. The normalized spacial score (nSPS) is 12.2. The molecule has 0 saturated carbocycles. The Balaban J connectivity index is 2.26. The fourth-order valence-corrected chi connectivity index (χ4v) is 3.21. The molecule has 2 amide bonds. The van der Waals surface area contributed by atoms with Gasteiger partial charge in [0.2, 0.25) is 5.91 Å². The van der Waals surface area contributed by atoms with E-state index in [1.165, 1.54) is 23.1 Å². The molecule has 0 spiro atoms. The third kappa shape index (κ3) is 6.61. The van der Waals surface area contributed by atoms with Crippen molar-refractivity contribution < 1.29 is 18.7 Å². The summed E-state index contributed by atoms with van der Waals surface area (Å²) in [5, 5.41) is 3.60. The molecule has 30 heavy (non-hydrogen) atoms. The summed E-state index contributed by atoms with van der Waals surface area (Å²) in [7, 11) is 0. The smallest absolute Gasteiger partial charge is 0.261 e. The summed E-state index contributed by atoms with van der Waals surface area (Å²) in [6.45, 7) is 6.68. The Morgan fingerprint density at radius 2 is 1.70 bits per heavy atom. The average molecular weight is 455 g/mol. The van der Waals surface area contributed by atoms with Gasteiger partial charge in [0.15, 0.2) is 18.2 Å². The predicted molar refractivity (Wildman–Crippen MR) is 116 cm³/mol. The lowest BCUT2D eigenvalue weighted by atomic mass is 10.1. The van der Waals surface area contributed by atoms with Crippen LogP contribution >= 0.6 is 23.2 Å². The quantitative estimate of drug-likeness (QED) is 0.650. The van der Waals surface area contributed by atoms with E-state index in [1.807, 2.05) is 20.8 Å². The first-order valence-corrected chi connectivity index (χ1v) is 10.2. The van der Waals surface area contributed by atoms with Crippen molar-refractivity contribution in [3.63, 3.8) is 0 Å². The molecule has 162 valence electrons. The van der Waals surface area contributed by atoms with Crippen LogP contribution in [0.2, 0.25) is 10.0 Å². The number of halogens is 3. The molecular weight excluding hydrogens is 430 g/mol. The molecule has 0 radical (unpaired) electrons. The van der Waals surface area contributed by atoms with Crippen LogP contribution in [0.3, 0.4) is 0 Å². The van der Waals surface area contributed by atoms with Crippen LogP contribution in [0, 0.1) is 5.82 Å². The van der Waals surface area contributed by atoms with E-state index in [0.717, 1.165) is 0 Å². The number of carbonyl (C=O) groups excluding carboxylic acids is 2. The van der Waals surface area contributed by atoms with Crippen molar-refractivity contribution in [1.29, 1.82) is 0 Å². The summed E-state index contributed by atoms with van der Waals surface area (Å²) in [5.41, 5.74) is 0.0293. The van der Waals surface area contributed by atoms with E-state index in [1.54, 1.807) is 31.2 Å². The third-order valence-electron chi connectivity index (χ3n) is 4.24. The summed E-state index contributed by atoms with van der Waals surface area (Å²) in [4.78, 5) is 27.0. The number of ether oxygens (including phenoxy) is 1. The van der Waals surface area contributed by atoms with Crippen molar-refractivity contribution in [3.05, 3.63) is 63.9 Å². The van der Waals surface area contributed by atoms with Gasteiger partial charge < -0.3 is 15.0 Å². The van der Waals surface area contributed by atoms with Crippen LogP contribution in [0.15, 0.2) is 42.5 Å². The van der Waals surface area contributed by atoms with E-state index >= 15 is 0 Å². The second-order valence-electron chi connectivity index (χ2n) is 7.86. The van der Waals surface area contributed by atoms with Crippen molar-refractivity contribution in [3.8, 4) is 5.75 Å². The van der Waals surface area contributed by atoms with Gasteiger partial charge in [-0.2, -0.15) is 0 Å². The van der Waals surface area contributed by atoms with E-state index in [0.29, 0.717) is 15.6 Å². The van der Waals surface area contributed by atoms with Crippen molar-refractivity contribution in [2.45, 2.75) is 45.8 Å². The maximum atomic E-state index is 13.8. The van der Waals surface area contributed by atoms with Crippen LogP contribution in [0.5, 0.6) is 5.75 Å². The lowest BCUT2D eigenvalue weighted by molar-refractivity contribution is -0.142. The maximum absolute atomic E-state index is 13.8. The molecule has 0 aliphatic carbocycles. The largest absolute Gasteiger partial charge is 0.481 e. The number of rotatable bonds is 7. The van der Waals surface area contributed by atoms with Gasteiger partial charge in [0.25, 0.3) is 5.91 Å². The Hall–Kier alpha value is -2.31. The number of hydrogen-bond donors (Lipinski definition) is 1. The fourth-order valence-electron chi connectivity index (χ4n) is 2.69. The van der Waals surface area contributed by atoms with Gasteiger partial charge in [-0.1, -0.05) is 41.4 Å². The molecule has 0 unspecified atom stereocenters. The second kappa shape index (κ2) is 10.1. The monoisotopic (exact) mass is 454 g/mol. The number of nitrogens with zero attached hydrogens (tertiary/aromatic N) is 1. The lowest BCUT2D eigenvalue weighted by Crippen LogP contribution is -2.53. The summed E-state index contributed by atoms with van der Waals surface area (Å²) in [6.07, 6.45) is 0. The average Bonchev–Trinajstić information content (AvgIpc) is 2.65. The van der Waals surface area contributed by atoms with Crippen LogP contribution in [0.25, 0.3) is 0 Å². The molecule has 0 aromatic heterocycles. The molecule has 0 bridgehead atoms. The van der Waals surface area contributed by atoms with Gasteiger partial charge in [-0.25, -0.2) is 4.39 Å². The van der Waals surface area contributed by atoms with E-state index in [9.17, 15) is 14.0 Å². The zero-order valence-corrected chi connectivity index (χ0v) is 18.9. The summed E-state index contributed by atoms with van der Waals surface area (Å²) >= 11 is 12.5. The highest BCUT2D eigenvalue weighted by Crippen LogP contribution is 2.27. The third-order valence-corrected chi connectivity index (χ3v) is 4.95. The highest BCUT2D eigenvalue weighted by atomic mass is 35.5. The molecule has 0 aliphatic rings. The molecule has 0 heterocycles. The highest BCUT2D eigenvalue weighted by molar-refractivity contribution is 6.36. The van der Waals surface area contributed by atoms with Gasteiger partial charge >= 0.3 is 0 Å².